The molecule has 0 radical (unpaired) electrons. The van der Waals surface area contributed by atoms with Crippen molar-refractivity contribution in [1.29, 1.82) is 0 Å². The molecule has 0 spiro atoms. The van der Waals surface area contributed by atoms with Crippen LogP contribution in [-0.4, -0.2) is 4.57 Å². The Bertz CT molecular complexity index is 760. The van der Waals surface area contributed by atoms with Gasteiger partial charge in [-0.2, -0.15) is 0 Å². The van der Waals surface area contributed by atoms with E-state index < -0.39 is 0 Å². The van der Waals surface area contributed by atoms with Crippen LogP contribution in [0.1, 0.15) is 0 Å². The molecule has 18 heavy (non-hydrogen) atoms. The summed E-state index contributed by atoms with van der Waals surface area (Å²) in [6.45, 7) is 0. The molecule has 0 fully saturated rings. The zero-order valence-electron chi connectivity index (χ0n) is 9.71. The first-order valence-corrected chi connectivity index (χ1v) is 5.73. The second-order valence-electron chi connectivity index (χ2n) is 4.12. The van der Waals surface area contributed by atoms with Crippen molar-refractivity contribution in [2.75, 3.05) is 5.73 Å². The number of aromatic nitrogens is 1. The Balaban J connectivity index is 2.45. The van der Waals surface area contributed by atoms with Gasteiger partial charge in [-0.1, -0.05) is 24.3 Å². The van der Waals surface area contributed by atoms with Gasteiger partial charge in [0.15, 0.2) is 0 Å². The van der Waals surface area contributed by atoms with Crippen LogP contribution in [0.15, 0.2) is 65.5 Å². The molecule has 3 heteroatoms. The van der Waals surface area contributed by atoms with Gasteiger partial charge in [-0.15, -0.1) is 0 Å². The van der Waals surface area contributed by atoms with Crippen molar-refractivity contribution < 1.29 is 0 Å². The maximum Gasteiger partial charge on any atom is 0.255 e. The van der Waals surface area contributed by atoms with E-state index in [0.717, 1.165) is 16.6 Å². The van der Waals surface area contributed by atoms with Crippen molar-refractivity contribution in [1.82, 2.24) is 4.57 Å². The lowest BCUT2D eigenvalue weighted by atomic mass is 10.1. The van der Waals surface area contributed by atoms with E-state index in [1.165, 1.54) is 0 Å². The zero-order valence-corrected chi connectivity index (χ0v) is 9.71. The highest BCUT2D eigenvalue weighted by Crippen LogP contribution is 2.21. The van der Waals surface area contributed by atoms with Crippen LogP contribution < -0.4 is 11.3 Å². The van der Waals surface area contributed by atoms with Crippen molar-refractivity contribution >= 4 is 16.6 Å². The van der Waals surface area contributed by atoms with E-state index in [4.69, 9.17) is 5.73 Å². The number of nitrogens with zero attached hydrogens (tertiary/aromatic N) is 1. The van der Waals surface area contributed by atoms with E-state index in [9.17, 15) is 4.79 Å². The minimum atomic E-state index is -0.0562. The SMILES string of the molecule is Nc1cccc2c1ccc(=O)n2-c1ccccc1. The molecule has 0 aliphatic carbocycles. The van der Waals surface area contributed by atoms with Gasteiger partial charge in [0.1, 0.15) is 0 Å². The van der Waals surface area contributed by atoms with Crippen molar-refractivity contribution in [2.45, 2.75) is 0 Å². The van der Waals surface area contributed by atoms with E-state index in [1.54, 1.807) is 16.7 Å². The Morgan fingerprint density at radius 2 is 1.61 bits per heavy atom. The third-order valence-electron chi connectivity index (χ3n) is 2.99. The van der Waals surface area contributed by atoms with E-state index in [-0.39, 0.29) is 5.56 Å². The van der Waals surface area contributed by atoms with Crippen LogP contribution in [0.25, 0.3) is 16.6 Å². The lowest BCUT2D eigenvalue weighted by molar-refractivity contribution is 1.04. The summed E-state index contributed by atoms with van der Waals surface area (Å²) in [5, 5.41) is 0.890. The van der Waals surface area contributed by atoms with Crippen molar-refractivity contribution in [3.05, 3.63) is 71.0 Å². The van der Waals surface area contributed by atoms with E-state index in [2.05, 4.69) is 0 Å². The van der Waals surface area contributed by atoms with Gasteiger partial charge >= 0.3 is 0 Å². The van der Waals surface area contributed by atoms with Gasteiger partial charge in [0.2, 0.25) is 0 Å². The highest BCUT2D eigenvalue weighted by molar-refractivity contribution is 5.91. The van der Waals surface area contributed by atoms with Crippen LogP contribution in [-0.2, 0) is 0 Å². The van der Waals surface area contributed by atoms with Crippen molar-refractivity contribution in [3.8, 4) is 5.69 Å². The normalized spacial score (nSPS) is 10.7. The molecular weight excluding hydrogens is 224 g/mol. The summed E-state index contributed by atoms with van der Waals surface area (Å²) in [5.41, 5.74) is 8.23. The summed E-state index contributed by atoms with van der Waals surface area (Å²) >= 11 is 0. The van der Waals surface area contributed by atoms with Gasteiger partial charge in [0, 0.05) is 22.8 Å². The fourth-order valence-electron chi connectivity index (χ4n) is 2.14. The summed E-state index contributed by atoms with van der Waals surface area (Å²) in [6.07, 6.45) is 0. The number of benzene rings is 2. The molecule has 1 aromatic heterocycles. The number of nitrogen functional groups attached to an aromatic ring is 1. The minimum absolute atomic E-state index is 0.0562. The minimum Gasteiger partial charge on any atom is -0.398 e. The van der Waals surface area contributed by atoms with Gasteiger partial charge in [-0.3, -0.25) is 9.36 Å². The van der Waals surface area contributed by atoms with E-state index >= 15 is 0 Å². The van der Waals surface area contributed by atoms with E-state index in [0.29, 0.717) is 5.69 Å². The molecule has 0 aliphatic heterocycles. The fraction of sp³-hybridized carbons (Fsp3) is 0. The Kier molecular flexibility index (Phi) is 2.38. The Morgan fingerprint density at radius 3 is 2.39 bits per heavy atom. The lowest BCUT2D eigenvalue weighted by Gasteiger charge is -2.10. The Labute approximate surface area is 104 Å². The van der Waals surface area contributed by atoms with Crippen LogP contribution in [0.5, 0.6) is 0 Å². The van der Waals surface area contributed by atoms with Crippen molar-refractivity contribution in [3.63, 3.8) is 0 Å². The number of fused-ring (bicyclic) bond motifs is 1. The molecule has 88 valence electrons. The third kappa shape index (κ3) is 1.57. The molecule has 3 aromatic rings. The molecule has 0 aliphatic rings. The Hall–Kier alpha value is -2.55. The predicted molar refractivity (Wildman–Crippen MR) is 74.0 cm³/mol. The first-order valence-electron chi connectivity index (χ1n) is 5.73. The molecule has 2 aromatic carbocycles. The standard InChI is InChI=1S/C15H12N2O/c16-13-7-4-8-14-12(13)9-10-15(18)17(14)11-5-2-1-3-6-11/h1-10H,16H2. The second-order valence-corrected chi connectivity index (χ2v) is 4.12. The van der Waals surface area contributed by atoms with Crippen LogP contribution in [0.4, 0.5) is 5.69 Å². The topological polar surface area (TPSA) is 48.0 Å². The lowest BCUT2D eigenvalue weighted by Crippen LogP contribution is -2.17. The van der Waals surface area contributed by atoms with Crippen LogP contribution in [0.3, 0.4) is 0 Å². The van der Waals surface area contributed by atoms with Crippen LogP contribution in [0, 0.1) is 0 Å². The first-order chi connectivity index (χ1) is 8.77. The average Bonchev–Trinajstić information content (AvgIpc) is 2.40. The number of hydrogen-bond acceptors (Lipinski definition) is 2. The number of nitrogens with two attached hydrogens (primary N) is 1. The summed E-state index contributed by atoms with van der Waals surface area (Å²) in [6, 6.07) is 18.5. The fourth-order valence-corrected chi connectivity index (χ4v) is 2.14. The van der Waals surface area contributed by atoms with Crippen LogP contribution >= 0.6 is 0 Å². The highest BCUT2D eigenvalue weighted by Gasteiger charge is 2.06. The third-order valence-corrected chi connectivity index (χ3v) is 2.99. The van der Waals surface area contributed by atoms with Gasteiger partial charge in [-0.25, -0.2) is 0 Å². The first kappa shape index (κ1) is 10.6. The largest absolute Gasteiger partial charge is 0.398 e. The number of hydrogen-bond donors (Lipinski definition) is 1. The molecule has 0 amide bonds. The maximum atomic E-state index is 12.1. The van der Waals surface area contributed by atoms with Crippen LogP contribution in [0.2, 0.25) is 0 Å². The molecule has 0 unspecified atom stereocenters. The second kappa shape index (κ2) is 4.04. The Morgan fingerprint density at radius 1 is 0.833 bits per heavy atom. The highest BCUT2D eigenvalue weighted by atomic mass is 16.1. The zero-order chi connectivity index (χ0) is 12.5. The number of para-hydroxylation sites is 1. The quantitative estimate of drug-likeness (QED) is 0.660. The smallest absolute Gasteiger partial charge is 0.255 e. The van der Waals surface area contributed by atoms with Gasteiger partial charge < -0.3 is 5.73 Å². The van der Waals surface area contributed by atoms with Crippen molar-refractivity contribution in [2.24, 2.45) is 0 Å². The summed E-state index contributed by atoms with van der Waals surface area (Å²) in [7, 11) is 0. The number of pyridine rings is 1. The van der Waals surface area contributed by atoms with Gasteiger partial charge in [0.25, 0.3) is 5.56 Å². The monoisotopic (exact) mass is 236 g/mol. The average molecular weight is 236 g/mol. The summed E-state index contributed by atoms with van der Waals surface area (Å²) in [4.78, 5) is 12.1. The number of anilines is 1. The maximum absolute atomic E-state index is 12.1. The molecule has 0 atom stereocenters. The van der Waals surface area contributed by atoms with Gasteiger partial charge in [0.05, 0.1) is 5.52 Å². The van der Waals surface area contributed by atoms with E-state index in [1.807, 2.05) is 48.5 Å². The molecule has 3 rings (SSSR count). The molecule has 1 heterocycles. The molecule has 2 N–H and O–H groups in total. The molecular formula is C15H12N2O. The molecule has 0 bridgehead atoms. The summed E-state index contributed by atoms with van der Waals surface area (Å²) in [5.74, 6) is 0. The van der Waals surface area contributed by atoms with Gasteiger partial charge in [-0.05, 0) is 30.3 Å². The molecule has 0 saturated carbocycles. The number of rotatable bonds is 1. The molecule has 3 nitrogen and oxygen atoms in total. The predicted octanol–water partition coefficient (Wildman–Crippen LogP) is 2.57. The molecule has 0 saturated heterocycles. The summed E-state index contributed by atoms with van der Waals surface area (Å²) < 4.78 is 1.67.